The van der Waals surface area contributed by atoms with Crippen LogP contribution in [0.3, 0.4) is 0 Å². The van der Waals surface area contributed by atoms with Crippen LogP contribution in [0.15, 0.2) is 36.4 Å². The van der Waals surface area contributed by atoms with Crippen molar-refractivity contribution in [1.82, 2.24) is 0 Å². The molecular formula is C13H12NOP. The third kappa shape index (κ3) is 1.77. The van der Waals surface area contributed by atoms with Crippen LogP contribution in [0.1, 0.15) is 22.8 Å². The van der Waals surface area contributed by atoms with Crippen molar-refractivity contribution < 1.29 is 4.79 Å². The molecule has 80 valence electrons. The fraction of sp³-hybridized carbons (Fsp3) is 0.0769. The minimum atomic E-state index is 0.0537. The first-order valence-corrected chi connectivity index (χ1v) is 5.56. The van der Waals surface area contributed by atoms with Gasteiger partial charge in [-0.2, -0.15) is 0 Å². The highest BCUT2D eigenvalue weighted by molar-refractivity contribution is 7.41. The minimum Gasteiger partial charge on any atom is -0.300 e. The van der Waals surface area contributed by atoms with E-state index in [1.807, 2.05) is 30.3 Å². The van der Waals surface area contributed by atoms with E-state index in [0.29, 0.717) is 11.0 Å². The number of carbonyl (C=O) groups excluding carboxylic acids is 1. The molecule has 1 unspecified atom stereocenters. The van der Waals surface area contributed by atoms with Gasteiger partial charge in [0.15, 0.2) is 5.78 Å². The Kier molecular flexibility index (Phi) is 2.84. The van der Waals surface area contributed by atoms with E-state index in [-0.39, 0.29) is 5.78 Å². The van der Waals surface area contributed by atoms with Crippen LogP contribution in [-0.2, 0) is 0 Å². The topological polar surface area (TPSA) is 40.9 Å². The summed E-state index contributed by atoms with van der Waals surface area (Å²) in [5, 5.41) is 9.54. The molecule has 0 spiro atoms. The first kappa shape index (κ1) is 11.0. The number of hydrogen-bond acceptors (Lipinski definition) is 2. The highest BCUT2D eigenvalue weighted by Crippen LogP contribution is 2.24. The first-order chi connectivity index (χ1) is 7.61. The zero-order chi connectivity index (χ0) is 11.7. The summed E-state index contributed by atoms with van der Waals surface area (Å²) in [7, 11) is 2.38. The second-order valence-corrected chi connectivity index (χ2v) is 4.25. The Labute approximate surface area is 96.4 Å². The second kappa shape index (κ2) is 4.15. The van der Waals surface area contributed by atoms with Gasteiger partial charge in [-0.15, -0.1) is 0 Å². The summed E-state index contributed by atoms with van der Waals surface area (Å²) in [5.74, 6) is 0.0537. The Bertz CT molecular complexity index is 537. The summed E-state index contributed by atoms with van der Waals surface area (Å²) in [6.45, 7) is 1.56. The standard InChI is InChI=1S/C13H12NOP/c1-8(15)9-6-7-12(13(14)16)11-5-3-2-4-10(9)11/h2-7,14H,16H2,1H3. The van der Waals surface area contributed by atoms with Crippen molar-refractivity contribution in [3.63, 3.8) is 0 Å². The van der Waals surface area contributed by atoms with Crippen LogP contribution in [0.4, 0.5) is 0 Å². The maximum absolute atomic E-state index is 11.5. The van der Waals surface area contributed by atoms with Crippen LogP contribution in [0.25, 0.3) is 10.8 Å². The predicted molar refractivity (Wildman–Crippen MR) is 70.5 cm³/mol. The van der Waals surface area contributed by atoms with E-state index in [0.717, 1.165) is 16.3 Å². The summed E-state index contributed by atoms with van der Waals surface area (Å²) in [6.07, 6.45) is 0. The van der Waals surface area contributed by atoms with Crippen molar-refractivity contribution >= 4 is 31.2 Å². The van der Waals surface area contributed by atoms with Crippen LogP contribution in [0.5, 0.6) is 0 Å². The average Bonchev–Trinajstić information content (AvgIpc) is 2.27. The summed E-state index contributed by atoms with van der Waals surface area (Å²) in [6, 6.07) is 11.3. The molecule has 0 saturated carbocycles. The summed E-state index contributed by atoms with van der Waals surface area (Å²) < 4.78 is 0. The lowest BCUT2D eigenvalue weighted by Crippen LogP contribution is -1.97. The van der Waals surface area contributed by atoms with Crippen LogP contribution in [0.2, 0.25) is 0 Å². The molecule has 0 aromatic heterocycles. The third-order valence-electron chi connectivity index (χ3n) is 2.59. The van der Waals surface area contributed by atoms with Crippen LogP contribution in [-0.4, -0.2) is 11.2 Å². The van der Waals surface area contributed by atoms with Gasteiger partial charge in [-0.3, -0.25) is 4.79 Å². The molecule has 3 heteroatoms. The fourth-order valence-electron chi connectivity index (χ4n) is 1.84. The zero-order valence-corrected chi connectivity index (χ0v) is 10.1. The molecule has 0 aliphatic carbocycles. The van der Waals surface area contributed by atoms with Crippen molar-refractivity contribution in [3.8, 4) is 0 Å². The molecule has 2 rings (SSSR count). The van der Waals surface area contributed by atoms with Gasteiger partial charge in [0.05, 0.1) is 5.45 Å². The molecule has 0 fully saturated rings. The molecule has 0 heterocycles. The summed E-state index contributed by atoms with van der Waals surface area (Å²) in [4.78, 5) is 11.5. The van der Waals surface area contributed by atoms with E-state index in [4.69, 9.17) is 5.41 Å². The Morgan fingerprint density at radius 2 is 1.56 bits per heavy atom. The molecule has 1 N–H and O–H groups in total. The van der Waals surface area contributed by atoms with Crippen molar-refractivity contribution in [3.05, 3.63) is 47.5 Å². The summed E-state index contributed by atoms with van der Waals surface area (Å²) >= 11 is 0. The van der Waals surface area contributed by atoms with Crippen LogP contribution in [0, 0.1) is 5.41 Å². The number of carbonyl (C=O) groups is 1. The highest BCUT2D eigenvalue weighted by Gasteiger charge is 2.09. The highest BCUT2D eigenvalue weighted by atomic mass is 31.0. The van der Waals surface area contributed by atoms with Crippen LogP contribution >= 0.6 is 9.24 Å². The van der Waals surface area contributed by atoms with E-state index in [2.05, 4.69) is 9.24 Å². The van der Waals surface area contributed by atoms with Gasteiger partial charge in [0, 0.05) is 11.1 Å². The zero-order valence-electron chi connectivity index (χ0n) is 8.95. The maximum atomic E-state index is 11.5. The molecule has 0 aliphatic rings. The van der Waals surface area contributed by atoms with Crippen LogP contribution < -0.4 is 0 Å². The van der Waals surface area contributed by atoms with Gasteiger partial charge in [0.1, 0.15) is 0 Å². The lowest BCUT2D eigenvalue weighted by molar-refractivity contribution is 0.101. The Morgan fingerprint density at radius 3 is 2.06 bits per heavy atom. The van der Waals surface area contributed by atoms with Crippen molar-refractivity contribution in [2.75, 3.05) is 0 Å². The molecule has 0 radical (unpaired) electrons. The molecule has 0 saturated heterocycles. The van der Waals surface area contributed by atoms with Gasteiger partial charge in [-0.25, -0.2) is 0 Å². The Morgan fingerprint density at radius 1 is 1.06 bits per heavy atom. The van der Waals surface area contributed by atoms with Crippen molar-refractivity contribution in [2.45, 2.75) is 6.92 Å². The van der Waals surface area contributed by atoms with Gasteiger partial charge >= 0.3 is 0 Å². The Balaban J connectivity index is 2.87. The SMILES string of the molecule is CC(=O)c1ccc(C(=N)P)c2ccccc12. The van der Waals surface area contributed by atoms with E-state index in [1.54, 1.807) is 13.0 Å². The molecule has 2 nitrogen and oxygen atoms in total. The predicted octanol–water partition coefficient (Wildman–Crippen LogP) is 3.24. The minimum absolute atomic E-state index is 0.0537. The maximum Gasteiger partial charge on any atom is 0.160 e. The number of fused-ring (bicyclic) bond motifs is 1. The lowest BCUT2D eigenvalue weighted by atomic mass is 9.98. The van der Waals surface area contributed by atoms with Gasteiger partial charge in [-0.05, 0) is 17.7 Å². The number of ketones is 1. The van der Waals surface area contributed by atoms with E-state index >= 15 is 0 Å². The normalized spacial score (nSPS) is 10.4. The van der Waals surface area contributed by atoms with Crippen molar-refractivity contribution in [1.29, 1.82) is 5.41 Å². The van der Waals surface area contributed by atoms with Gasteiger partial charge in [0.2, 0.25) is 0 Å². The number of Topliss-reactive ketones (excluding diaryl/α,β-unsaturated/α-hetero) is 1. The molecule has 2 aromatic carbocycles. The lowest BCUT2D eigenvalue weighted by Gasteiger charge is -2.08. The van der Waals surface area contributed by atoms with Crippen molar-refractivity contribution in [2.24, 2.45) is 0 Å². The Hall–Kier alpha value is -1.53. The molecule has 0 aliphatic heterocycles. The number of hydrogen-bond donors (Lipinski definition) is 1. The van der Waals surface area contributed by atoms with Gasteiger partial charge in [-0.1, -0.05) is 45.6 Å². The van der Waals surface area contributed by atoms with Gasteiger partial charge < -0.3 is 5.41 Å². The van der Waals surface area contributed by atoms with E-state index < -0.39 is 0 Å². The smallest absolute Gasteiger partial charge is 0.160 e. The average molecular weight is 229 g/mol. The second-order valence-electron chi connectivity index (χ2n) is 3.68. The monoisotopic (exact) mass is 229 g/mol. The molecule has 1 atom stereocenters. The van der Waals surface area contributed by atoms with E-state index in [9.17, 15) is 4.79 Å². The molecule has 16 heavy (non-hydrogen) atoms. The number of rotatable bonds is 2. The number of benzene rings is 2. The molecule has 2 aromatic rings. The number of nitrogens with one attached hydrogen (secondary N) is 1. The molecule has 0 amide bonds. The first-order valence-electron chi connectivity index (χ1n) is 4.98. The van der Waals surface area contributed by atoms with E-state index in [1.165, 1.54) is 0 Å². The summed E-state index contributed by atoms with van der Waals surface area (Å²) in [5.41, 5.74) is 2.00. The third-order valence-corrected chi connectivity index (χ3v) is 2.90. The largest absolute Gasteiger partial charge is 0.300 e. The molecule has 0 bridgehead atoms. The quantitative estimate of drug-likeness (QED) is 0.479. The fourth-order valence-corrected chi connectivity index (χ4v) is 2.09. The molecular weight excluding hydrogens is 217 g/mol. The van der Waals surface area contributed by atoms with Gasteiger partial charge in [0.25, 0.3) is 0 Å².